The van der Waals surface area contributed by atoms with Crippen LogP contribution >= 0.6 is 11.8 Å². The molecule has 14 heteroatoms. The first-order valence-corrected chi connectivity index (χ1v) is 10.2. The fourth-order valence-corrected chi connectivity index (χ4v) is 3.94. The summed E-state index contributed by atoms with van der Waals surface area (Å²) in [5.74, 6) is -4.68. The summed E-state index contributed by atoms with van der Waals surface area (Å²) in [5.41, 5.74) is -3.78. The number of amides is 3. The number of hydroxylamine groups is 2. The second kappa shape index (κ2) is 9.16. The van der Waals surface area contributed by atoms with Crippen LogP contribution < -0.4 is 4.90 Å². The quantitative estimate of drug-likeness (QED) is 0.323. The highest BCUT2D eigenvalue weighted by Gasteiger charge is 2.54. The van der Waals surface area contributed by atoms with Crippen molar-refractivity contribution in [1.29, 1.82) is 0 Å². The minimum Gasteiger partial charge on any atom is -0.327 e. The Kier molecular flexibility index (Phi) is 6.82. The summed E-state index contributed by atoms with van der Waals surface area (Å²) in [5, 5.41) is 0.0427. The predicted octanol–water partition coefficient (Wildman–Crippen LogP) is 4.96. The molecule has 1 aromatic carbocycles. The van der Waals surface area contributed by atoms with E-state index in [0.29, 0.717) is 16.0 Å². The Morgan fingerprint density at radius 3 is 2.24 bits per heavy atom. The molecule has 0 spiro atoms. The number of halogens is 6. The molecule has 34 heavy (non-hydrogen) atoms. The zero-order chi connectivity index (χ0) is 25.4. The number of urea groups is 1. The molecule has 2 atom stereocenters. The third-order valence-electron chi connectivity index (χ3n) is 4.87. The summed E-state index contributed by atoms with van der Waals surface area (Å²) in [6, 6.07) is 2.45. The van der Waals surface area contributed by atoms with Crippen LogP contribution in [0.15, 0.2) is 47.6 Å². The van der Waals surface area contributed by atoms with Crippen molar-refractivity contribution in [3.8, 4) is 0 Å². The number of benzene rings is 1. The first kappa shape index (κ1) is 25.3. The van der Waals surface area contributed by atoms with Crippen molar-refractivity contribution in [1.82, 2.24) is 10.0 Å². The lowest BCUT2D eigenvalue weighted by Gasteiger charge is -2.26. The van der Waals surface area contributed by atoms with E-state index < -0.39 is 53.3 Å². The van der Waals surface area contributed by atoms with Crippen molar-refractivity contribution >= 4 is 35.4 Å². The van der Waals surface area contributed by atoms with Gasteiger partial charge in [0.1, 0.15) is 0 Å². The van der Waals surface area contributed by atoms with Crippen molar-refractivity contribution in [2.24, 2.45) is 0 Å². The molecule has 1 aliphatic heterocycles. The molecule has 182 valence electrons. The maximum Gasteiger partial charge on any atom is 0.493 e. The molecule has 1 aromatic heterocycles. The molecule has 0 saturated carbocycles. The SMILES string of the molecule is Cc1cnccc1C(C)[C@@H]1C(=O)N(c2ccc(SC(F)(F)F)cc2)C(=O)N1OC(=O)C(F)(F)F. The van der Waals surface area contributed by atoms with Crippen LogP contribution in [0.4, 0.5) is 36.8 Å². The third kappa shape index (κ3) is 5.26. The molecule has 0 radical (unpaired) electrons. The monoisotopic (exact) mass is 507 g/mol. The third-order valence-corrected chi connectivity index (χ3v) is 5.61. The average Bonchev–Trinajstić information content (AvgIpc) is 2.96. The van der Waals surface area contributed by atoms with E-state index in [4.69, 9.17) is 0 Å². The maximum atomic E-state index is 13.2. The molecule has 1 fully saturated rings. The minimum atomic E-state index is -5.45. The van der Waals surface area contributed by atoms with E-state index >= 15 is 0 Å². The number of aryl methyl sites for hydroxylation is 1. The number of thioether (sulfide) groups is 1. The molecule has 0 aliphatic carbocycles. The number of pyridine rings is 1. The van der Waals surface area contributed by atoms with Crippen molar-refractivity contribution in [2.75, 3.05) is 4.90 Å². The van der Waals surface area contributed by atoms with Gasteiger partial charge in [-0.15, -0.1) is 5.06 Å². The number of rotatable bonds is 5. The molecule has 2 aromatic rings. The molecule has 2 heterocycles. The van der Waals surface area contributed by atoms with Crippen LogP contribution in [0, 0.1) is 6.92 Å². The molecule has 1 aliphatic rings. The van der Waals surface area contributed by atoms with Crippen LogP contribution in [-0.4, -0.2) is 45.7 Å². The van der Waals surface area contributed by atoms with Gasteiger partial charge in [0, 0.05) is 23.2 Å². The molecule has 3 rings (SSSR count). The van der Waals surface area contributed by atoms with E-state index in [2.05, 4.69) is 9.82 Å². The normalized spacial score (nSPS) is 17.8. The summed E-state index contributed by atoms with van der Waals surface area (Å²) in [7, 11) is 0. The Morgan fingerprint density at radius 1 is 1.09 bits per heavy atom. The standard InChI is InChI=1S/C20H15F6N3O4S/c1-10-9-27-8-7-14(10)11(2)15-16(30)28(18(32)29(15)33-17(31)19(21,22)23)12-3-5-13(6-4-12)34-20(24,25)26/h3-9,11,15H,1-2H3/t11?,15-/m1/s1. The summed E-state index contributed by atoms with van der Waals surface area (Å²) in [4.78, 5) is 46.0. The minimum absolute atomic E-state index is 0.0427. The van der Waals surface area contributed by atoms with Gasteiger partial charge in [0.25, 0.3) is 5.91 Å². The molecule has 1 saturated heterocycles. The van der Waals surface area contributed by atoms with E-state index in [1.807, 2.05) is 0 Å². The second-order valence-electron chi connectivity index (χ2n) is 7.17. The highest BCUT2D eigenvalue weighted by Crippen LogP contribution is 2.39. The molecule has 3 amide bonds. The number of carbonyl (C=O) groups is 3. The van der Waals surface area contributed by atoms with Gasteiger partial charge in [-0.2, -0.15) is 26.3 Å². The number of alkyl halides is 6. The molecule has 0 bridgehead atoms. The van der Waals surface area contributed by atoms with Gasteiger partial charge in [-0.05, 0) is 60.1 Å². The van der Waals surface area contributed by atoms with E-state index in [9.17, 15) is 40.7 Å². The van der Waals surface area contributed by atoms with Gasteiger partial charge < -0.3 is 4.84 Å². The van der Waals surface area contributed by atoms with Gasteiger partial charge in [0.05, 0.1) is 5.69 Å². The van der Waals surface area contributed by atoms with Crippen LogP contribution in [-0.2, 0) is 14.4 Å². The lowest BCUT2D eigenvalue weighted by atomic mass is 9.91. The van der Waals surface area contributed by atoms with Crippen LogP contribution in [0.1, 0.15) is 24.0 Å². The number of aromatic nitrogens is 1. The Morgan fingerprint density at radius 2 is 1.71 bits per heavy atom. The first-order valence-electron chi connectivity index (χ1n) is 9.43. The van der Waals surface area contributed by atoms with Gasteiger partial charge >= 0.3 is 23.7 Å². The molecular weight excluding hydrogens is 492 g/mol. The summed E-state index contributed by atoms with van der Waals surface area (Å²) >= 11 is -0.429. The lowest BCUT2D eigenvalue weighted by Crippen LogP contribution is -2.43. The number of imide groups is 1. The van der Waals surface area contributed by atoms with Crippen LogP contribution in [0.2, 0.25) is 0 Å². The maximum absolute atomic E-state index is 13.2. The van der Waals surface area contributed by atoms with Crippen molar-refractivity contribution in [3.63, 3.8) is 0 Å². The van der Waals surface area contributed by atoms with Gasteiger partial charge in [-0.1, -0.05) is 6.92 Å². The largest absolute Gasteiger partial charge is 0.493 e. The molecule has 7 nitrogen and oxygen atoms in total. The number of nitrogens with zero attached hydrogens (tertiary/aromatic N) is 3. The molecule has 1 unspecified atom stereocenters. The van der Waals surface area contributed by atoms with E-state index in [-0.39, 0.29) is 15.6 Å². The fourth-order valence-electron chi connectivity index (χ4n) is 3.40. The Hall–Kier alpha value is -3.29. The number of hydrogen-bond acceptors (Lipinski definition) is 6. The predicted molar refractivity (Wildman–Crippen MR) is 106 cm³/mol. The summed E-state index contributed by atoms with van der Waals surface area (Å²) < 4.78 is 76.2. The smallest absolute Gasteiger partial charge is 0.327 e. The number of hydrogen-bond donors (Lipinski definition) is 0. The summed E-state index contributed by atoms with van der Waals surface area (Å²) in [6.07, 6.45) is -2.64. The lowest BCUT2D eigenvalue weighted by molar-refractivity contribution is -0.231. The molecule has 0 N–H and O–H groups in total. The topological polar surface area (TPSA) is 79.8 Å². The van der Waals surface area contributed by atoms with Crippen LogP contribution in [0.3, 0.4) is 0 Å². The van der Waals surface area contributed by atoms with Crippen molar-refractivity contribution in [3.05, 3.63) is 53.9 Å². The summed E-state index contributed by atoms with van der Waals surface area (Å²) in [6.45, 7) is 3.07. The highest BCUT2D eigenvalue weighted by molar-refractivity contribution is 8.00. The van der Waals surface area contributed by atoms with Crippen molar-refractivity contribution < 1.29 is 45.6 Å². The second-order valence-corrected chi connectivity index (χ2v) is 8.30. The zero-order valence-corrected chi connectivity index (χ0v) is 18.2. The van der Waals surface area contributed by atoms with E-state index in [1.165, 1.54) is 25.4 Å². The Bertz CT molecular complexity index is 1110. The van der Waals surface area contributed by atoms with Gasteiger partial charge in [-0.3, -0.25) is 9.78 Å². The Balaban J connectivity index is 1.99. The van der Waals surface area contributed by atoms with Gasteiger partial charge in [-0.25, -0.2) is 14.5 Å². The van der Waals surface area contributed by atoms with Crippen LogP contribution in [0.5, 0.6) is 0 Å². The van der Waals surface area contributed by atoms with Gasteiger partial charge in [0.2, 0.25) is 0 Å². The highest BCUT2D eigenvalue weighted by atomic mass is 32.2. The Labute approximate surface area is 192 Å². The number of anilines is 1. The number of carbonyl (C=O) groups excluding carboxylic acids is 3. The average molecular weight is 507 g/mol. The first-order chi connectivity index (χ1) is 15.7. The van der Waals surface area contributed by atoms with E-state index in [0.717, 1.165) is 24.3 Å². The van der Waals surface area contributed by atoms with Gasteiger partial charge in [0.15, 0.2) is 6.04 Å². The van der Waals surface area contributed by atoms with Crippen LogP contribution in [0.25, 0.3) is 0 Å². The zero-order valence-electron chi connectivity index (χ0n) is 17.3. The molecular formula is C20H15F6N3O4S. The van der Waals surface area contributed by atoms with E-state index in [1.54, 1.807) is 6.92 Å². The fraction of sp³-hybridized carbons (Fsp3) is 0.300. The van der Waals surface area contributed by atoms with Crippen molar-refractivity contribution in [2.45, 2.75) is 42.4 Å².